The molecule has 0 aliphatic carbocycles. The minimum Gasteiger partial charge on any atom is -0.378 e. The van der Waals surface area contributed by atoms with E-state index in [9.17, 15) is 4.79 Å². The van der Waals surface area contributed by atoms with E-state index < -0.39 is 0 Å². The van der Waals surface area contributed by atoms with Crippen molar-refractivity contribution >= 4 is 29.3 Å². The maximum atomic E-state index is 11.9. The summed E-state index contributed by atoms with van der Waals surface area (Å²) in [7, 11) is 0. The number of amides is 2. The third kappa shape index (κ3) is 6.33. The van der Waals surface area contributed by atoms with E-state index in [-0.39, 0.29) is 6.03 Å². The standard InChI is InChI=1S/C21H29N5O2S/c1-15(2)13-22-21(27)24-17-6-4-16(5-7-17)20-23-18(14-29-3)12-19(25-20)26-8-10-28-11-9-26/h4-7,12,15H,8-11,13-14H2,1-3H3,(H2,22,24,27)/p+1. The number of anilines is 2. The number of carbonyl (C=O) groups is 1. The Balaban J connectivity index is 1.76. The highest BCUT2D eigenvalue weighted by atomic mass is 32.2. The third-order valence-electron chi connectivity index (χ3n) is 4.49. The molecule has 1 aromatic heterocycles. The number of morpholine rings is 1. The van der Waals surface area contributed by atoms with Gasteiger partial charge in [-0.3, -0.25) is 0 Å². The van der Waals surface area contributed by atoms with Crippen molar-refractivity contribution in [3.8, 4) is 11.4 Å². The van der Waals surface area contributed by atoms with Crippen LogP contribution in [0.1, 0.15) is 19.5 Å². The first-order valence-electron chi connectivity index (χ1n) is 9.96. The van der Waals surface area contributed by atoms with Gasteiger partial charge in [-0.25, -0.2) is 14.8 Å². The number of hydrogen-bond acceptors (Lipinski definition) is 5. The molecule has 0 bridgehead atoms. The topological polar surface area (TPSA) is 79.4 Å². The minimum absolute atomic E-state index is 0.193. The molecular formula is C21H30N5O2S+. The maximum Gasteiger partial charge on any atom is 0.319 e. The fourth-order valence-electron chi connectivity index (χ4n) is 2.98. The summed E-state index contributed by atoms with van der Waals surface area (Å²) in [5.41, 5.74) is 2.71. The number of carbonyl (C=O) groups excluding carboxylic acids is 1. The summed E-state index contributed by atoms with van der Waals surface area (Å²) in [6.07, 6.45) is 2.13. The van der Waals surface area contributed by atoms with Gasteiger partial charge in [0.1, 0.15) is 11.6 Å². The van der Waals surface area contributed by atoms with Crippen LogP contribution in [0.3, 0.4) is 0 Å². The Bertz CT molecular complexity index is 807. The van der Waals surface area contributed by atoms with Crippen LogP contribution in [0.2, 0.25) is 0 Å². The van der Waals surface area contributed by atoms with Gasteiger partial charge in [0.05, 0.1) is 25.2 Å². The van der Waals surface area contributed by atoms with Gasteiger partial charge in [0.2, 0.25) is 0 Å². The Kier molecular flexibility index (Phi) is 7.71. The molecule has 1 aliphatic rings. The number of nitrogens with zero attached hydrogens (tertiary/aromatic N) is 3. The zero-order valence-electron chi connectivity index (χ0n) is 17.3. The molecule has 1 fully saturated rings. The van der Waals surface area contributed by atoms with Crippen LogP contribution < -0.4 is 15.5 Å². The van der Waals surface area contributed by atoms with Crippen molar-refractivity contribution in [1.29, 1.82) is 0 Å². The Morgan fingerprint density at radius 1 is 1.21 bits per heavy atom. The molecule has 8 heteroatoms. The summed E-state index contributed by atoms with van der Waals surface area (Å²) in [6.45, 7) is 7.90. The van der Waals surface area contributed by atoms with E-state index >= 15 is 0 Å². The van der Waals surface area contributed by atoms with E-state index in [4.69, 9.17) is 14.7 Å². The lowest BCUT2D eigenvalue weighted by Gasteiger charge is -2.28. The van der Waals surface area contributed by atoms with Crippen molar-refractivity contribution in [3.05, 3.63) is 36.0 Å². The quantitative estimate of drug-likeness (QED) is 0.536. The van der Waals surface area contributed by atoms with Crippen molar-refractivity contribution in [2.75, 3.05) is 49.3 Å². The SMILES string of the molecule is C[SH+]Cc1cc(N2CCOCC2)nc(-c2ccc(NC(=O)NCC(C)C)cc2)n1. The molecule has 2 amide bonds. The lowest BCUT2D eigenvalue weighted by atomic mass is 10.2. The summed E-state index contributed by atoms with van der Waals surface area (Å²) in [4.78, 5) is 23.8. The van der Waals surface area contributed by atoms with Crippen LogP contribution in [0.25, 0.3) is 11.4 Å². The second-order valence-electron chi connectivity index (χ2n) is 7.42. The number of aromatic nitrogens is 2. The molecule has 2 heterocycles. The summed E-state index contributed by atoms with van der Waals surface area (Å²) >= 11 is 1.27. The molecule has 156 valence electrons. The summed E-state index contributed by atoms with van der Waals surface area (Å²) in [6, 6.07) is 9.55. The predicted octanol–water partition coefficient (Wildman–Crippen LogP) is 2.70. The van der Waals surface area contributed by atoms with Gasteiger partial charge < -0.3 is 20.3 Å². The predicted molar refractivity (Wildman–Crippen MR) is 121 cm³/mol. The number of ether oxygens (including phenoxy) is 1. The van der Waals surface area contributed by atoms with Crippen LogP contribution in [0.15, 0.2) is 30.3 Å². The fraction of sp³-hybridized carbons (Fsp3) is 0.476. The van der Waals surface area contributed by atoms with Crippen LogP contribution in [0.4, 0.5) is 16.3 Å². The van der Waals surface area contributed by atoms with E-state index in [1.807, 2.05) is 24.3 Å². The molecule has 2 N–H and O–H groups in total. The highest BCUT2D eigenvalue weighted by molar-refractivity contribution is 7.76. The Hall–Kier alpha value is -2.32. The average molecular weight is 417 g/mol. The van der Waals surface area contributed by atoms with Gasteiger partial charge in [0, 0.05) is 37.0 Å². The maximum absolute atomic E-state index is 11.9. The van der Waals surface area contributed by atoms with Gasteiger partial charge in [-0.1, -0.05) is 13.8 Å². The van der Waals surface area contributed by atoms with Crippen molar-refractivity contribution in [2.24, 2.45) is 5.92 Å². The first kappa shape index (κ1) is 21.4. The smallest absolute Gasteiger partial charge is 0.319 e. The molecule has 29 heavy (non-hydrogen) atoms. The Morgan fingerprint density at radius 2 is 1.93 bits per heavy atom. The van der Waals surface area contributed by atoms with Crippen LogP contribution in [-0.4, -0.2) is 55.1 Å². The second-order valence-corrected chi connectivity index (χ2v) is 8.37. The summed E-state index contributed by atoms with van der Waals surface area (Å²) in [5.74, 6) is 2.97. The molecule has 0 spiro atoms. The van der Waals surface area contributed by atoms with Gasteiger partial charge in [0.25, 0.3) is 0 Å². The zero-order valence-corrected chi connectivity index (χ0v) is 18.2. The third-order valence-corrected chi connectivity index (χ3v) is 5.13. The van der Waals surface area contributed by atoms with E-state index in [1.165, 1.54) is 11.8 Å². The van der Waals surface area contributed by atoms with Crippen LogP contribution >= 0.6 is 0 Å². The molecule has 0 unspecified atom stereocenters. The van der Waals surface area contributed by atoms with Crippen LogP contribution in [0, 0.1) is 5.92 Å². The lowest BCUT2D eigenvalue weighted by Crippen LogP contribution is -2.37. The highest BCUT2D eigenvalue weighted by Gasteiger charge is 2.16. The second kappa shape index (κ2) is 10.5. The first-order chi connectivity index (χ1) is 14.0. The first-order valence-corrected chi connectivity index (χ1v) is 11.5. The van der Waals surface area contributed by atoms with Crippen molar-refractivity contribution in [2.45, 2.75) is 19.6 Å². The van der Waals surface area contributed by atoms with Crippen molar-refractivity contribution in [3.63, 3.8) is 0 Å². The number of rotatable bonds is 7. The lowest BCUT2D eigenvalue weighted by molar-refractivity contribution is 0.122. The molecule has 2 aromatic rings. The van der Waals surface area contributed by atoms with E-state index in [1.54, 1.807) is 0 Å². The normalized spacial score (nSPS) is 14.1. The van der Waals surface area contributed by atoms with Crippen molar-refractivity contribution < 1.29 is 9.53 Å². The molecule has 1 saturated heterocycles. The molecule has 0 atom stereocenters. The molecule has 0 saturated carbocycles. The molecule has 1 aliphatic heterocycles. The zero-order chi connectivity index (χ0) is 20.6. The van der Waals surface area contributed by atoms with Gasteiger partial charge in [0.15, 0.2) is 5.82 Å². The van der Waals surface area contributed by atoms with Crippen molar-refractivity contribution in [1.82, 2.24) is 15.3 Å². The number of benzene rings is 1. The highest BCUT2D eigenvalue weighted by Crippen LogP contribution is 2.23. The van der Waals surface area contributed by atoms with Crippen LogP contribution in [-0.2, 0) is 22.3 Å². The number of thiol groups is 1. The van der Waals surface area contributed by atoms with Gasteiger partial charge in [-0.05, 0) is 41.9 Å². The number of nitrogens with one attached hydrogen (secondary N) is 2. The van der Waals surface area contributed by atoms with Gasteiger partial charge in [-0.2, -0.15) is 0 Å². The Labute approximate surface area is 176 Å². The van der Waals surface area contributed by atoms with E-state index in [0.29, 0.717) is 18.3 Å². The van der Waals surface area contributed by atoms with E-state index in [2.05, 4.69) is 41.7 Å². The summed E-state index contributed by atoms with van der Waals surface area (Å²) in [5, 5.41) is 5.71. The monoisotopic (exact) mass is 416 g/mol. The van der Waals surface area contributed by atoms with Gasteiger partial charge >= 0.3 is 6.03 Å². The van der Waals surface area contributed by atoms with Crippen LogP contribution in [0.5, 0.6) is 0 Å². The largest absolute Gasteiger partial charge is 0.378 e. The number of urea groups is 1. The minimum atomic E-state index is -0.193. The fourth-order valence-corrected chi connectivity index (χ4v) is 3.47. The average Bonchev–Trinajstić information content (AvgIpc) is 2.73. The molecule has 3 rings (SSSR count). The number of hydrogen-bond donors (Lipinski definition) is 2. The Morgan fingerprint density at radius 3 is 2.59 bits per heavy atom. The van der Waals surface area contributed by atoms with E-state index in [0.717, 1.165) is 54.8 Å². The van der Waals surface area contributed by atoms with Gasteiger partial charge in [-0.15, -0.1) is 0 Å². The summed E-state index contributed by atoms with van der Waals surface area (Å²) < 4.78 is 5.46. The molecule has 0 radical (unpaired) electrons. The molecule has 7 nitrogen and oxygen atoms in total. The molecule has 1 aromatic carbocycles. The molecular weight excluding hydrogens is 386 g/mol.